The summed E-state index contributed by atoms with van der Waals surface area (Å²) < 4.78 is 5.66. The lowest BCUT2D eigenvalue weighted by molar-refractivity contribution is -0.134. The molecule has 1 unspecified atom stereocenters. The van der Waals surface area contributed by atoms with Crippen LogP contribution >= 0.6 is 0 Å². The highest BCUT2D eigenvalue weighted by atomic mass is 16.5. The largest absolute Gasteiger partial charge is 0.494 e. The monoisotopic (exact) mass is 374 g/mol. The molecule has 1 amide bonds. The highest BCUT2D eigenvalue weighted by Gasteiger charge is 2.22. The van der Waals surface area contributed by atoms with E-state index in [1.807, 2.05) is 43.0 Å². The minimum atomic E-state index is 0.229. The SMILES string of the molecule is CCNC(=NCc1ccccc1OCC)NCCC(=O)N1CCCCC1C. The number of guanidine groups is 1. The van der Waals surface area contributed by atoms with Crippen molar-refractivity contribution >= 4 is 11.9 Å². The number of rotatable bonds is 8. The second-order valence-corrected chi connectivity index (χ2v) is 6.84. The number of piperidine rings is 1. The maximum absolute atomic E-state index is 12.5. The molecule has 0 bridgehead atoms. The fraction of sp³-hybridized carbons (Fsp3) is 0.619. The Bertz CT molecular complexity index is 618. The third kappa shape index (κ3) is 6.77. The Labute approximate surface area is 163 Å². The van der Waals surface area contributed by atoms with Gasteiger partial charge < -0.3 is 20.3 Å². The number of carbonyl (C=O) groups is 1. The first-order valence-corrected chi connectivity index (χ1v) is 10.2. The molecule has 0 aliphatic carbocycles. The van der Waals surface area contributed by atoms with Gasteiger partial charge in [-0.15, -0.1) is 0 Å². The number of hydrogen-bond donors (Lipinski definition) is 2. The molecule has 0 radical (unpaired) electrons. The lowest BCUT2D eigenvalue weighted by Crippen LogP contribution is -2.44. The summed E-state index contributed by atoms with van der Waals surface area (Å²) >= 11 is 0. The van der Waals surface area contributed by atoms with E-state index in [9.17, 15) is 4.79 Å². The summed E-state index contributed by atoms with van der Waals surface area (Å²) in [4.78, 5) is 19.1. The molecule has 1 aromatic carbocycles. The van der Waals surface area contributed by atoms with Crippen LogP contribution in [0.5, 0.6) is 5.75 Å². The van der Waals surface area contributed by atoms with Crippen LogP contribution in [0.2, 0.25) is 0 Å². The first-order chi connectivity index (χ1) is 13.2. The fourth-order valence-electron chi connectivity index (χ4n) is 3.34. The van der Waals surface area contributed by atoms with Gasteiger partial charge in [0, 0.05) is 37.7 Å². The van der Waals surface area contributed by atoms with E-state index < -0.39 is 0 Å². The molecule has 0 spiro atoms. The average Bonchev–Trinajstić information content (AvgIpc) is 2.67. The number of amides is 1. The number of aliphatic imine (C=N–C) groups is 1. The Kier molecular flexibility index (Phi) is 8.95. The summed E-state index contributed by atoms with van der Waals surface area (Å²) in [6, 6.07) is 8.32. The third-order valence-corrected chi connectivity index (χ3v) is 4.78. The van der Waals surface area contributed by atoms with Gasteiger partial charge in [-0.05, 0) is 46.1 Å². The number of nitrogens with zero attached hydrogens (tertiary/aromatic N) is 2. The van der Waals surface area contributed by atoms with Crippen molar-refractivity contribution in [1.29, 1.82) is 0 Å². The van der Waals surface area contributed by atoms with Crippen molar-refractivity contribution in [3.05, 3.63) is 29.8 Å². The number of hydrogen-bond acceptors (Lipinski definition) is 3. The molecule has 1 aliphatic heterocycles. The Morgan fingerprint density at radius 1 is 1.26 bits per heavy atom. The molecular weight excluding hydrogens is 340 g/mol. The summed E-state index contributed by atoms with van der Waals surface area (Å²) in [5, 5.41) is 6.52. The van der Waals surface area contributed by atoms with Gasteiger partial charge in [-0.25, -0.2) is 4.99 Å². The van der Waals surface area contributed by atoms with Crippen molar-refractivity contribution < 1.29 is 9.53 Å². The van der Waals surface area contributed by atoms with Crippen molar-refractivity contribution in [1.82, 2.24) is 15.5 Å². The quantitative estimate of drug-likeness (QED) is 0.542. The minimum absolute atomic E-state index is 0.229. The van der Waals surface area contributed by atoms with Gasteiger partial charge in [0.15, 0.2) is 5.96 Å². The molecule has 0 aromatic heterocycles. The van der Waals surface area contributed by atoms with E-state index in [0.717, 1.165) is 43.2 Å². The number of carbonyl (C=O) groups excluding carboxylic acids is 1. The first kappa shape index (κ1) is 21.1. The summed E-state index contributed by atoms with van der Waals surface area (Å²) in [6.45, 7) is 9.57. The maximum Gasteiger partial charge on any atom is 0.224 e. The van der Waals surface area contributed by atoms with Crippen LogP contribution in [-0.4, -0.2) is 49.0 Å². The molecule has 1 fully saturated rings. The predicted octanol–water partition coefficient (Wildman–Crippen LogP) is 2.93. The zero-order valence-corrected chi connectivity index (χ0v) is 17.0. The summed E-state index contributed by atoms with van der Waals surface area (Å²) in [5.41, 5.74) is 1.05. The lowest BCUT2D eigenvalue weighted by Gasteiger charge is -2.33. The number of para-hydroxylation sites is 1. The van der Waals surface area contributed by atoms with Crippen LogP contribution in [0, 0.1) is 0 Å². The Morgan fingerprint density at radius 2 is 2.07 bits per heavy atom. The molecule has 2 N–H and O–H groups in total. The van der Waals surface area contributed by atoms with Crippen LogP contribution in [0.15, 0.2) is 29.3 Å². The molecule has 1 saturated heterocycles. The zero-order chi connectivity index (χ0) is 19.5. The second-order valence-electron chi connectivity index (χ2n) is 6.84. The van der Waals surface area contributed by atoms with Crippen molar-refractivity contribution in [2.24, 2.45) is 4.99 Å². The maximum atomic E-state index is 12.5. The molecule has 6 nitrogen and oxygen atoms in total. The zero-order valence-electron chi connectivity index (χ0n) is 17.0. The highest BCUT2D eigenvalue weighted by molar-refractivity contribution is 5.81. The van der Waals surface area contributed by atoms with Crippen LogP contribution in [0.1, 0.15) is 52.0 Å². The van der Waals surface area contributed by atoms with Gasteiger partial charge in [-0.3, -0.25) is 4.79 Å². The van der Waals surface area contributed by atoms with Gasteiger partial charge in [0.1, 0.15) is 5.75 Å². The molecule has 150 valence electrons. The van der Waals surface area contributed by atoms with Crippen LogP contribution in [0.25, 0.3) is 0 Å². The summed E-state index contributed by atoms with van der Waals surface area (Å²) in [7, 11) is 0. The molecule has 6 heteroatoms. The molecule has 1 atom stereocenters. The van der Waals surface area contributed by atoms with E-state index in [1.54, 1.807) is 0 Å². The van der Waals surface area contributed by atoms with Gasteiger partial charge >= 0.3 is 0 Å². The third-order valence-electron chi connectivity index (χ3n) is 4.78. The highest BCUT2D eigenvalue weighted by Crippen LogP contribution is 2.19. The van der Waals surface area contributed by atoms with E-state index >= 15 is 0 Å². The second kappa shape index (κ2) is 11.5. The average molecular weight is 375 g/mol. The van der Waals surface area contributed by atoms with E-state index in [1.165, 1.54) is 6.42 Å². The van der Waals surface area contributed by atoms with Gasteiger partial charge in [0.05, 0.1) is 13.2 Å². The van der Waals surface area contributed by atoms with Gasteiger partial charge in [-0.1, -0.05) is 18.2 Å². The van der Waals surface area contributed by atoms with E-state index in [2.05, 4.69) is 22.5 Å². The van der Waals surface area contributed by atoms with Crippen molar-refractivity contribution in [2.75, 3.05) is 26.2 Å². The van der Waals surface area contributed by atoms with Crippen LogP contribution in [0.4, 0.5) is 0 Å². The molecule has 27 heavy (non-hydrogen) atoms. The number of ether oxygens (including phenoxy) is 1. The van der Waals surface area contributed by atoms with Gasteiger partial charge in [0.25, 0.3) is 0 Å². The summed E-state index contributed by atoms with van der Waals surface area (Å²) in [5.74, 6) is 1.82. The Hall–Kier alpha value is -2.24. The van der Waals surface area contributed by atoms with Gasteiger partial charge in [-0.2, -0.15) is 0 Å². The van der Waals surface area contributed by atoms with Crippen molar-refractivity contribution in [3.63, 3.8) is 0 Å². The molecular formula is C21H34N4O2. The Balaban J connectivity index is 1.87. The smallest absolute Gasteiger partial charge is 0.224 e. The normalized spacial score (nSPS) is 17.5. The van der Waals surface area contributed by atoms with E-state index in [4.69, 9.17) is 4.74 Å². The molecule has 2 rings (SSSR count). The van der Waals surface area contributed by atoms with Crippen LogP contribution < -0.4 is 15.4 Å². The fourth-order valence-corrected chi connectivity index (χ4v) is 3.34. The lowest BCUT2D eigenvalue weighted by atomic mass is 10.0. The van der Waals surface area contributed by atoms with Crippen LogP contribution in [-0.2, 0) is 11.3 Å². The molecule has 1 aromatic rings. The number of likely N-dealkylation sites (tertiary alicyclic amines) is 1. The van der Waals surface area contributed by atoms with Crippen molar-refractivity contribution in [2.45, 2.75) is 59.0 Å². The topological polar surface area (TPSA) is 66.0 Å². The van der Waals surface area contributed by atoms with Crippen LogP contribution in [0.3, 0.4) is 0 Å². The minimum Gasteiger partial charge on any atom is -0.494 e. The molecule has 0 saturated carbocycles. The van der Waals surface area contributed by atoms with Crippen molar-refractivity contribution in [3.8, 4) is 5.75 Å². The molecule has 1 heterocycles. The standard InChI is InChI=1S/C21H34N4O2/c1-4-22-21(24-16-18-11-6-7-12-19(18)27-5-2)23-14-13-20(26)25-15-9-8-10-17(25)3/h6-7,11-12,17H,4-5,8-10,13-16H2,1-3H3,(H2,22,23,24). The van der Waals surface area contributed by atoms with Gasteiger partial charge in [0.2, 0.25) is 5.91 Å². The first-order valence-electron chi connectivity index (χ1n) is 10.2. The number of benzene rings is 1. The summed E-state index contributed by atoms with van der Waals surface area (Å²) in [6.07, 6.45) is 3.95. The predicted molar refractivity (Wildman–Crippen MR) is 110 cm³/mol. The van der Waals surface area contributed by atoms with E-state index in [0.29, 0.717) is 32.2 Å². The molecule has 1 aliphatic rings. The Morgan fingerprint density at radius 3 is 2.81 bits per heavy atom. The number of nitrogens with one attached hydrogen (secondary N) is 2. The van der Waals surface area contributed by atoms with E-state index in [-0.39, 0.29) is 5.91 Å².